The fraction of sp³-hybridized carbons (Fsp3) is 0.762. The van der Waals surface area contributed by atoms with Crippen LogP contribution in [0.25, 0.3) is 0 Å². The number of esters is 1. The molecule has 134 valence electrons. The number of carbonyl (C=O) groups is 1. The first-order valence-corrected chi connectivity index (χ1v) is 9.38. The van der Waals surface area contributed by atoms with Crippen LogP contribution in [0.15, 0.2) is 23.8 Å². The number of cyclic esters (lactones) is 1. The normalized spacial score (nSPS) is 40.5. The van der Waals surface area contributed by atoms with Gasteiger partial charge in [0.2, 0.25) is 6.29 Å². The van der Waals surface area contributed by atoms with E-state index in [0.717, 1.165) is 24.3 Å². The first kappa shape index (κ1) is 17.7. The minimum Gasteiger partial charge on any atom is -0.432 e. The third kappa shape index (κ3) is 2.96. The molecule has 0 N–H and O–H groups in total. The van der Waals surface area contributed by atoms with Crippen molar-refractivity contribution in [1.82, 2.24) is 0 Å². The Morgan fingerprint density at radius 1 is 1.33 bits per heavy atom. The van der Waals surface area contributed by atoms with Crippen LogP contribution in [0.2, 0.25) is 0 Å². The van der Waals surface area contributed by atoms with Crippen molar-refractivity contribution in [3.63, 3.8) is 0 Å². The lowest BCUT2D eigenvalue weighted by Crippen LogP contribution is -2.49. The second-order valence-electron chi connectivity index (χ2n) is 8.89. The molecular weight excluding hydrogens is 300 g/mol. The summed E-state index contributed by atoms with van der Waals surface area (Å²) in [6.07, 6.45) is 9.47. The summed E-state index contributed by atoms with van der Waals surface area (Å²) < 4.78 is 10.4. The van der Waals surface area contributed by atoms with Gasteiger partial charge in [0, 0.05) is 19.1 Å². The van der Waals surface area contributed by atoms with Crippen molar-refractivity contribution < 1.29 is 14.3 Å². The molecule has 2 aliphatic carbocycles. The Morgan fingerprint density at radius 2 is 2.08 bits per heavy atom. The number of hydrogen-bond donors (Lipinski definition) is 0. The molecule has 3 rings (SSSR count). The molecule has 0 aromatic heterocycles. The lowest BCUT2D eigenvalue weighted by Gasteiger charge is -2.58. The zero-order chi connectivity index (χ0) is 17.5. The SMILES string of the molecule is C=C1CC[C@@H]2C(C)(C)CCC[C@]2(C)[C@H]1C/C=C1\C[C@H](OC)OC1=O. The maximum absolute atomic E-state index is 12.0. The van der Waals surface area contributed by atoms with E-state index in [1.807, 2.05) is 0 Å². The second-order valence-corrected chi connectivity index (χ2v) is 8.89. The molecule has 0 bridgehead atoms. The number of methoxy groups -OCH3 is 1. The van der Waals surface area contributed by atoms with E-state index in [1.165, 1.54) is 31.3 Å². The van der Waals surface area contributed by atoms with Crippen molar-refractivity contribution >= 4 is 5.97 Å². The number of ether oxygens (including phenoxy) is 2. The number of fused-ring (bicyclic) bond motifs is 1. The fourth-order valence-electron chi connectivity index (χ4n) is 5.77. The molecule has 0 aromatic rings. The van der Waals surface area contributed by atoms with Gasteiger partial charge >= 0.3 is 5.97 Å². The van der Waals surface area contributed by atoms with Crippen LogP contribution in [0.5, 0.6) is 0 Å². The van der Waals surface area contributed by atoms with Crippen LogP contribution in [0.3, 0.4) is 0 Å². The monoisotopic (exact) mass is 332 g/mol. The van der Waals surface area contributed by atoms with Crippen LogP contribution in [0, 0.1) is 22.7 Å². The van der Waals surface area contributed by atoms with E-state index in [2.05, 4.69) is 33.4 Å². The van der Waals surface area contributed by atoms with Crippen molar-refractivity contribution in [3.8, 4) is 0 Å². The molecule has 0 aromatic carbocycles. The summed E-state index contributed by atoms with van der Waals surface area (Å²) in [4.78, 5) is 12.0. The Labute approximate surface area is 146 Å². The third-order valence-corrected chi connectivity index (χ3v) is 7.07. The van der Waals surface area contributed by atoms with Crippen molar-refractivity contribution in [2.24, 2.45) is 22.7 Å². The Bertz CT molecular complexity index is 559. The van der Waals surface area contributed by atoms with E-state index in [9.17, 15) is 4.79 Å². The molecule has 0 unspecified atom stereocenters. The highest BCUT2D eigenvalue weighted by atomic mass is 16.7. The van der Waals surface area contributed by atoms with Crippen molar-refractivity contribution in [1.29, 1.82) is 0 Å². The predicted molar refractivity (Wildman–Crippen MR) is 95.3 cm³/mol. The summed E-state index contributed by atoms with van der Waals surface area (Å²) >= 11 is 0. The summed E-state index contributed by atoms with van der Waals surface area (Å²) in [7, 11) is 1.58. The Balaban J connectivity index is 1.81. The maximum Gasteiger partial charge on any atom is 0.336 e. The van der Waals surface area contributed by atoms with E-state index in [-0.39, 0.29) is 5.97 Å². The van der Waals surface area contributed by atoms with Gasteiger partial charge in [0.25, 0.3) is 0 Å². The molecule has 0 radical (unpaired) electrons. The van der Waals surface area contributed by atoms with Crippen LogP contribution < -0.4 is 0 Å². The quantitative estimate of drug-likeness (QED) is 0.413. The number of rotatable bonds is 3. The van der Waals surface area contributed by atoms with E-state index in [4.69, 9.17) is 9.47 Å². The van der Waals surface area contributed by atoms with E-state index < -0.39 is 6.29 Å². The summed E-state index contributed by atoms with van der Waals surface area (Å²) in [5.41, 5.74) is 2.86. The molecule has 3 nitrogen and oxygen atoms in total. The zero-order valence-electron chi connectivity index (χ0n) is 15.7. The highest BCUT2D eigenvalue weighted by molar-refractivity contribution is 5.90. The molecule has 24 heavy (non-hydrogen) atoms. The molecule has 3 aliphatic rings. The molecule has 1 heterocycles. The van der Waals surface area contributed by atoms with Crippen LogP contribution in [0.4, 0.5) is 0 Å². The van der Waals surface area contributed by atoms with Gasteiger partial charge in [-0.25, -0.2) is 4.79 Å². The molecule has 1 saturated heterocycles. The fourth-order valence-corrected chi connectivity index (χ4v) is 5.77. The van der Waals surface area contributed by atoms with Crippen molar-refractivity contribution in [2.75, 3.05) is 7.11 Å². The van der Waals surface area contributed by atoms with Crippen LogP contribution in [-0.4, -0.2) is 19.4 Å². The molecule has 1 aliphatic heterocycles. The second kappa shape index (κ2) is 6.33. The Morgan fingerprint density at radius 3 is 2.75 bits per heavy atom. The summed E-state index contributed by atoms with van der Waals surface area (Å²) in [5, 5.41) is 0. The molecule has 0 spiro atoms. The van der Waals surface area contributed by atoms with E-state index in [1.54, 1.807) is 7.11 Å². The maximum atomic E-state index is 12.0. The standard InChI is InChI=1S/C21H32O3/c1-14-7-10-17-20(2,3)11-6-12-21(17,4)16(14)9-8-15-13-18(23-5)24-19(15)22/h8,16-18H,1,6-7,9-13H2,2-5H3/b15-8+/t16-,17+,18+,21+/m0/s1. The molecule has 4 atom stereocenters. The van der Waals surface area contributed by atoms with Gasteiger partial charge in [-0.2, -0.15) is 0 Å². The van der Waals surface area contributed by atoms with Crippen LogP contribution >= 0.6 is 0 Å². The number of hydrogen-bond acceptors (Lipinski definition) is 3. The van der Waals surface area contributed by atoms with Gasteiger partial charge in [-0.15, -0.1) is 0 Å². The molecule has 0 amide bonds. The van der Waals surface area contributed by atoms with Gasteiger partial charge in [0.05, 0.1) is 0 Å². The molecule has 2 saturated carbocycles. The van der Waals surface area contributed by atoms with Gasteiger partial charge in [0.1, 0.15) is 0 Å². The van der Waals surface area contributed by atoms with E-state index >= 15 is 0 Å². The number of allylic oxidation sites excluding steroid dienone is 2. The summed E-state index contributed by atoms with van der Waals surface area (Å²) in [5.74, 6) is 1.00. The van der Waals surface area contributed by atoms with Crippen molar-refractivity contribution in [2.45, 2.75) is 72.0 Å². The van der Waals surface area contributed by atoms with Crippen molar-refractivity contribution in [3.05, 3.63) is 23.8 Å². The van der Waals surface area contributed by atoms with Gasteiger partial charge < -0.3 is 9.47 Å². The Kier molecular flexibility index (Phi) is 4.67. The smallest absolute Gasteiger partial charge is 0.336 e. The van der Waals surface area contributed by atoms with Crippen LogP contribution in [-0.2, 0) is 14.3 Å². The first-order chi connectivity index (χ1) is 11.3. The van der Waals surface area contributed by atoms with Gasteiger partial charge in [0.15, 0.2) is 0 Å². The summed E-state index contributed by atoms with van der Waals surface area (Å²) in [6.45, 7) is 11.8. The minimum atomic E-state index is -0.407. The minimum absolute atomic E-state index is 0.214. The lowest BCUT2D eigenvalue weighted by atomic mass is 9.47. The topological polar surface area (TPSA) is 35.5 Å². The molecular formula is C21H32O3. The number of carbonyl (C=O) groups excluding carboxylic acids is 1. The highest BCUT2D eigenvalue weighted by Gasteiger charge is 2.52. The molecule has 3 fully saturated rings. The zero-order valence-corrected chi connectivity index (χ0v) is 15.7. The average molecular weight is 332 g/mol. The van der Waals surface area contributed by atoms with Gasteiger partial charge in [-0.05, 0) is 54.8 Å². The predicted octanol–water partition coefficient (Wildman–Crippen LogP) is 5.02. The van der Waals surface area contributed by atoms with Crippen LogP contribution in [0.1, 0.15) is 65.7 Å². The van der Waals surface area contributed by atoms with Gasteiger partial charge in [-0.1, -0.05) is 45.4 Å². The summed E-state index contributed by atoms with van der Waals surface area (Å²) in [6, 6.07) is 0. The first-order valence-electron chi connectivity index (χ1n) is 9.38. The van der Waals surface area contributed by atoms with Gasteiger partial charge in [-0.3, -0.25) is 0 Å². The Hall–Kier alpha value is -1.09. The highest BCUT2D eigenvalue weighted by Crippen LogP contribution is 2.61. The average Bonchev–Trinajstić information content (AvgIpc) is 2.86. The lowest BCUT2D eigenvalue weighted by molar-refractivity contribution is -0.156. The molecule has 3 heteroatoms. The van der Waals surface area contributed by atoms with E-state index in [0.29, 0.717) is 23.2 Å². The largest absolute Gasteiger partial charge is 0.432 e. The third-order valence-electron chi connectivity index (χ3n) is 7.07.